The standard InChI is InChI=1S/C14H25NO3/c1-9(2)6-10-4-5-18-13-11(7-10)8-15(3)12(13)14(16)17/h9-13H,4-8H2,1-3H3,(H,16,17)/t10-,11-,12-,13+/m0/s1. The normalized spacial score (nSPS) is 37.6. The zero-order chi connectivity index (χ0) is 13.3. The molecular formula is C14H25NO3. The van der Waals surface area contributed by atoms with E-state index in [9.17, 15) is 9.90 Å². The number of hydrogen-bond donors (Lipinski definition) is 1. The van der Waals surface area contributed by atoms with Crippen LogP contribution in [0.1, 0.15) is 33.1 Å². The van der Waals surface area contributed by atoms with Crippen molar-refractivity contribution in [3.05, 3.63) is 0 Å². The van der Waals surface area contributed by atoms with E-state index in [1.165, 1.54) is 6.42 Å². The maximum absolute atomic E-state index is 11.3. The van der Waals surface area contributed by atoms with E-state index < -0.39 is 12.0 Å². The molecular weight excluding hydrogens is 230 g/mol. The molecule has 2 aliphatic rings. The molecule has 104 valence electrons. The monoisotopic (exact) mass is 255 g/mol. The third kappa shape index (κ3) is 2.86. The molecule has 1 N–H and O–H groups in total. The Bertz CT molecular complexity index is 305. The Hall–Kier alpha value is -0.610. The first-order valence-corrected chi connectivity index (χ1v) is 7.03. The van der Waals surface area contributed by atoms with E-state index in [0.717, 1.165) is 26.0 Å². The Morgan fingerprint density at radius 3 is 2.83 bits per heavy atom. The smallest absolute Gasteiger partial charge is 0.323 e. The minimum atomic E-state index is -0.743. The van der Waals surface area contributed by atoms with Gasteiger partial charge < -0.3 is 9.84 Å². The molecule has 2 fully saturated rings. The fourth-order valence-electron chi connectivity index (χ4n) is 3.66. The molecule has 2 heterocycles. The molecule has 4 nitrogen and oxygen atoms in total. The predicted octanol–water partition coefficient (Wildman–Crippen LogP) is 1.84. The van der Waals surface area contributed by atoms with E-state index >= 15 is 0 Å². The number of fused-ring (bicyclic) bond motifs is 1. The maximum atomic E-state index is 11.3. The summed E-state index contributed by atoms with van der Waals surface area (Å²) < 4.78 is 5.86. The van der Waals surface area contributed by atoms with Gasteiger partial charge in [0.15, 0.2) is 0 Å². The van der Waals surface area contributed by atoms with Gasteiger partial charge in [-0.1, -0.05) is 13.8 Å². The molecule has 0 aliphatic carbocycles. The molecule has 0 amide bonds. The molecule has 0 aromatic heterocycles. The number of carboxylic acid groups (broad SMARTS) is 1. The van der Waals surface area contributed by atoms with Crippen LogP contribution in [0.2, 0.25) is 0 Å². The molecule has 0 spiro atoms. The van der Waals surface area contributed by atoms with E-state index in [2.05, 4.69) is 13.8 Å². The second-order valence-electron chi connectivity index (χ2n) is 6.34. The molecule has 4 heteroatoms. The Kier molecular flexibility index (Phi) is 4.28. The Labute approximate surface area is 109 Å². The van der Waals surface area contributed by atoms with E-state index in [4.69, 9.17) is 4.74 Å². The minimum Gasteiger partial charge on any atom is -0.480 e. The predicted molar refractivity (Wildman–Crippen MR) is 69.5 cm³/mol. The number of rotatable bonds is 3. The van der Waals surface area contributed by atoms with Crippen LogP contribution in [0.15, 0.2) is 0 Å². The van der Waals surface area contributed by atoms with Gasteiger partial charge in [-0.2, -0.15) is 0 Å². The van der Waals surface area contributed by atoms with Crippen molar-refractivity contribution in [2.75, 3.05) is 20.2 Å². The van der Waals surface area contributed by atoms with Gasteiger partial charge in [0.05, 0.1) is 6.10 Å². The first-order chi connectivity index (χ1) is 8.49. The molecule has 0 unspecified atom stereocenters. The minimum absolute atomic E-state index is 0.107. The Morgan fingerprint density at radius 2 is 2.22 bits per heavy atom. The molecule has 0 bridgehead atoms. The zero-order valence-electron chi connectivity index (χ0n) is 11.6. The molecule has 0 saturated carbocycles. The van der Waals surface area contributed by atoms with Crippen LogP contribution in [-0.2, 0) is 9.53 Å². The summed E-state index contributed by atoms with van der Waals surface area (Å²) in [6.45, 7) is 6.08. The SMILES string of the molecule is CC(C)C[C@@H]1CCO[C@@H]2[C@@H](C1)CN(C)[C@@H]2C(=O)O. The van der Waals surface area contributed by atoms with Crippen molar-refractivity contribution >= 4 is 5.97 Å². The number of nitrogens with zero attached hydrogens (tertiary/aromatic N) is 1. The average molecular weight is 255 g/mol. The number of carboxylic acids is 1. The Morgan fingerprint density at radius 1 is 1.50 bits per heavy atom. The van der Waals surface area contributed by atoms with Crippen LogP contribution >= 0.6 is 0 Å². The summed E-state index contributed by atoms with van der Waals surface area (Å²) >= 11 is 0. The zero-order valence-corrected chi connectivity index (χ0v) is 11.6. The van der Waals surface area contributed by atoms with Crippen LogP contribution in [0.4, 0.5) is 0 Å². The first kappa shape index (κ1) is 13.8. The number of ether oxygens (including phenoxy) is 1. The van der Waals surface area contributed by atoms with E-state index in [-0.39, 0.29) is 6.10 Å². The third-order valence-electron chi connectivity index (χ3n) is 4.30. The fraction of sp³-hybridized carbons (Fsp3) is 0.929. The van der Waals surface area contributed by atoms with Gasteiger partial charge in [0.1, 0.15) is 6.04 Å². The van der Waals surface area contributed by atoms with Crippen LogP contribution < -0.4 is 0 Å². The van der Waals surface area contributed by atoms with Gasteiger partial charge in [-0.25, -0.2) is 0 Å². The van der Waals surface area contributed by atoms with Crippen molar-refractivity contribution in [3.8, 4) is 0 Å². The molecule has 0 aromatic rings. The van der Waals surface area contributed by atoms with Crippen molar-refractivity contribution in [2.45, 2.75) is 45.3 Å². The molecule has 0 aromatic carbocycles. The van der Waals surface area contributed by atoms with Crippen LogP contribution in [0.25, 0.3) is 0 Å². The summed E-state index contributed by atoms with van der Waals surface area (Å²) in [6, 6.07) is -0.451. The molecule has 2 aliphatic heterocycles. The summed E-state index contributed by atoms with van der Waals surface area (Å²) in [4.78, 5) is 13.3. The summed E-state index contributed by atoms with van der Waals surface area (Å²) in [5, 5.41) is 9.30. The number of hydrogen-bond acceptors (Lipinski definition) is 3. The lowest BCUT2D eigenvalue weighted by atomic mass is 9.85. The largest absolute Gasteiger partial charge is 0.480 e. The van der Waals surface area contributed by atoms with Crippen LogP contribution in [0.5, 0.6) is 0 Å². The highest BCUT2D eigenvalue weighted by molar-refractivity contribution is 5.74. The van der Waals surface area contributed by atoms with Crippen molar-refractivity contribution in [3.63, 3.8) is 0 Å². The van der Waals surface area contributed by atoms with E-state index in [1.54, 1.807) is 0 Å². The third-order valence-corrected chi connectivity index (χ3v) is 4.30. The van der Waals surface area contributed by atoms with Crippen molar-refractivity contribution < 1.29 is 14.6 Å². The number of likely N-dealkylation sites (tertiary alicyclic amines) is 1. The molecule has 18 heavy (non-hydrogen) atoms. The highest BCUT2D eigenvalue weighted by Gasteiger charge is 2.46. The summed E-state index contributed by atoms with van der Waals surface area (Å²) in [6.07, 6.45) is 3.33. The topological polar surface area (TPSA) is 49.8 Å². The van der Waals surface area contributed by atoms with Gasteiger partial charge in [-0.15, -0.1) is 0 Å². The van der Waals surface area contributed by atoms with E-state index in [0.29, 0.717) is 17.8 Å². The second-order valence-corrected chi connectivity index (χ2v) is 6.34. The first-order valence-electron chi connectivity index (χ1n) is 7.03. The molecule has 4 atom stereocenters. The van der Waals surface area contributed by atoms with Gasteiger partial charge in [0, 0.05) is 19.1 Å². The van der Waals surface area contributed by atoms with Crippen LogP contribution in [0, 0.1) is 17.8 Å². The fourth-order valence-corrected chi connectivity index (χ4v) is 3.66. The summed E-state index contributed by atoms with van der Waals surface area (Å²) in [5.74, 6) is 1.05. The van der Waals surface area contributed by atoms with Crippen molar-refractivity contribution in [2.24, 2.45) is 17.8 Å². The van der Waals surface area contributed by atoms with Gasteiger partial charge >= 0.3 is 5.97 Å². The highest BCUT2D eigenvalue weighted by Crippen LogP contribution is 2.36. The number of aliphatic carboxylic acids is 1. The second kappa shape index (κ2) is 5.57. The lowest BCUT2D eigenvalue weighted by Crippen LogP contribution is -2.41. The summed E-state index contributed by atoms with van der Waals surface area (Å²) in [5.41, 5.74) is 0. The average Bonchev–Trinajstić information content (AvgIpc) is 2.41. The lowest BCUT2D eigenvalue weighted by molar-refractivity contribution is -0.146. The van der Waals surface area contributed by atoms with Gasteiger partial charge in [-0.3, -0.25) is 9.69 Å². The van der Waals surface area contributed by atoms with Gasteiger partial charge in [-0.05, 0) is 38.1 Å². The quantitative estimate of drug-likeness (QED) is 0.836. The molecule has 2 saturated heterocycles. The van der Waals surface area contributed by atoms with Gasteiger partial charge in [0.2, 0.25) is 0 Å². The molecule has 2 rings (SSSR count). The van der Waals surface area contributed by atoms with Crippen molar-refractivity contribution in [1.29, 1.82) is 0 Å². The Balaban J connectivity index is 2.04. The van der Waals surface area contributed by atoms with E-state index in [1.807, 2.05) is 11.9 Å². The maximum Gasteiger partial charge on any atom is 0.323 e. The van der Waals surface area contributed by atoms with Crippen LogP contribution in [0.3, 0.4) is 0 Å². The van der Waals surface area contributed by atoms with Crippen LogP contribution in [-0.4, -0.2) is 48.3 Å². The highest BCUT2D eigenvalue weighted by atomic mass is 16.5. The summed E-state index contributed by atoms with van der Waals surface area (Å²) in [7, 11) is 1.90. The number of likely N-dealkylation sites (N-methyl/N-ethyl adjacent to an activating group) is 1. The molecule has 0 radical (unpaired) electrons. The lowest BCUT2D eigenvalue weighted by Gasteiger charge is -2.21. The van der Waals surface area contributed by atoms with Crippen molar-refractivity contribution in [1.82, 2.24) is 4.90 Å². The number of carbonyl (C=O) groups is 1. The van der Waals surface area contributed by atoms with Gasteiger partial charge in [0.25, 0.3) is 0 Å².